The van der Waals surface area contributed by atoms with Crippen LogP contribution in [0.25, 0.3) is 0 Å². The summed E-state index contributed by atoms with van der Waals surface area (Å²) in [6, 6.07) is 6.54. The Labute approximate surface area is 109 Å². The number of likely N-dealkylation sites (tertiary alicyclic amines) is 1. The van der Waals surface area contributed by atoms with Crippen LogP contribution < -0.4 is 14.8 Å². The number of hydrogen-bond donors (Lipinski definition) is 1. The van der Waals surface area contributed by atoms with E-state index in [1.807, 2.05) is 12.1 Å². The lowest BCUT2D eigenvalue weighted by Crippen LogP contribution is -2.31. The number of nitrogens with one attached hydrogen (secondary N) is 1. The SMILES string of the molecule is COc1ccc(CNC2CCN(C)C2)c(OC)c1. The Morgan fingerprint density at radius 1 is 1.33 bits per heavy atom. The van der Waals surface area contributed by atoms with Gasteiger partial charge in [0.1, 0.15) is 11.5 Å². The molecule has 1 aromatic carbocycles. The largest absolute Gasteiger partial charge is 0.497 e. The van der Waals surface area contributed by atoms with Gasteiger partial charge in [-0.15, -0.1) is 0 Å². The molecule has 0 aliphatic carbocycles. The first-order valence-corrected chi connectivity index (χ1v) is 6.35. The lowest BCUT2D eigenvalue weighted by atomic mass is 10.1. The highest BCUT2D eigenvalue weighted by Gasteiger charge is 2.18. The molecule has 0 saturated carbocycles. The number of hydrogen-bond acceptors (Lipinski definition) is 4. The molecule has 18 heavy (non-hydrogen) atoms. The van der Waals surface area contributed by atoms with Gasteiger partial charge in [-0.25, -0.2) is 0 Å². The van der Waals surface area contributed by atoms with Crippen molar-refractivity contribution in [3.8, 4) is 11.5 Å². The zero-order valence-corrected chi connectivity index (χ0v) is 11.4. The van der Waals surface area contributed by atoms with Crippen molar-refractivity contribution in [2.24, 2.45) is 0 Å². The molecule has 1 saturated heterocycles. The predicted molar refractivity (Wildman–Crippen MR) is 72.3 cm³/mol. The van der Waals surface area contributed by atoms with Gasteiger partial charge >= 0.3 is 0 Å². The molecule has 1 aliphatic rings. The molecule has 100 valence electrons. The number of methoxy groups -OCH3 is 2. The van der Waals surface area contributed by atoms with Gasteiger partial charge in [0.25, 0.3) is 0 Å². The molecule has 0 spiro atoms. The van der Waals surface area contributed by atoms with Crippen molar-refractivity contribution in [3.63, 3.8) is 0 Å². The molecule has 0 aromatic heterocycles. The van der Waals surface area contributed by atoms with Gasteiger partial charge in [0.15, 0.2) is 0 Å². The smallest absolute Gasteiger partial charge is 0.127 e. The summed E-state index contributed by atoms with van der Waals surface area (Å²) in [4.78, 5) is 2.35. The summed E-state index contributed by atoms with van der Waals surface area (Å²) >= 11 is 0. The van der Waals surface area contributed by atoms with Gasteiger partial charge in [-0.05, 0) is 26.1 Å². The van der Waals surface area contributed by atoms with Gasteiger partial charge in [0.05, 0.1) is 14.2 Å². The summed E-state index contributed by atoms with van der Waals surface area (Å²) in [6.45, 7) is 3.14. The average molecular weight is 250 g/mol. The van der Waals surface area contributed by atoms with Crippen molar-refractivity contribution in [2.75, 3.05) is 34.4 Å². The molecular weight excluding hydrogens is 228 g/mol. The Kier molecular flexibility index (Phi) is 4.44. The van der Waals surface area contributed by atoms with E-state index >= 15 is 0 Å². The minimum absolute atomic E-state index is 0.585. The maximum Gasteiger partial charge on any atom is 0.127 e. The van der Waals surface area contributed by atoms with Crippen LogP contribution in [0.3, 0.4) is 0 Å². The van der Waals surface area contributed by atoms with Crippen LogP contribution in [0.1, 0.15) is 12.0 Å². The van der Waals surface area contributed by atoms with Gasteiger partial charge in [0.2, 0.25) is 0 Å². The number of benzene rings is 1. The van der Waals surface area contributed by atoms with E-state index in [4.69, 9.17) is 9.47 Å². The molecule has 1 fully saturated rings. The maximum atomic E-state index is 5.39. The second-order valence-electron chi connectivity index (χ2n) is 4.81. The summed E-state index contributed by atoms with van der Waals surface area (Å²) in [5, 5.41) is 3.58. The highest BCUT2D eigenvalue weighted by molar-refractivity contribution is 5.40. The normalized spacial score (nSPS) is 20.1. The first-order chi connectivity index (χ1) is 8.72. The van der Waals surface area contributed by atoms with E-state index in [9.17, 15) is 0 Å². The Morgan fingerprint density at radius 3 is 2.78 bits per heavy atom. The van der Waals surface area contributed by atoms with Crippen molar-refractivity contribution in [2.45, 2.75) is 19.0 Å². The molecule has 1 unspecified atom stereocenters. The molecule has 2 rings (SSSR count). The van der Waals surface area contributed by atoms with Crippen molar-refractivity contribution >= 4 is 0 Å². The lowest BCUT2D eigenvalue weighted by Gasteiger charge is -2.15. The molecule has 1 aliphatic heterocycles. The second-order valence-corrected chi connectivity index (χ2v) is 4.81. The Bertz CT molecular complexity index is 395. The molecule has 0 bridgehead atoms. The van der Waals surface area contributed by atoms with Gasteiger partial charge in [-0.2, -0.15) is 0 Å². The quantitative estimate of drug-likeness (QED) is 0.858. The number of likely N-dealkylation sites (N-methyl/N-ethyl adjacent to an activating group) is 1. The van der Waals surface area contributed by atoms with Crippen LogP contribution in [0.5, 0.6) is 11.5 Å². The predicted octanol–water partition coefficient (Wildman–Crippen LogP) is 1.50. The van der Waals surface area contributed by atoms with Crippen LogP contribution >= 0.6 is 0 Å². The zero-order chi connectivity index (χ0) is 13.0. The van der Waals surface area contributed by atoms with Crippen LogP contribution in [0.4, 0.5) is 0 Å². The Hall–Kier alpha value is -1.26. The van der Waals surface area contributed by atoms with Crippen LogP contribution in [-0.2, 0) is 6.54 Å². The molecule has 0 radical (unpaired) electrons. The molecular formula is C14H22N2O2. The fraction of sp³-hybridized carbons (Fsp3) is 0.571. The van der Waals surface area contributed by atoms with Crippen LogP contribution in [0, 0.1) is 0 Å². The van der Waals surface area contributed by atoms with Gasteiger partial charge in [-0.1, -0.05) is 6.07 Å². The van der Waals surface area contributed by atoms with E-state index in [2.05, 4.69) is 23.3 Å². The zero-order valence-electron chi connectivity index (χ0n) is 11.4. The van der Waals surface area contributed by atoms with Crippen LogP contribution in [0.2, 0.25) is 0 Å². The molecule has 1 heterocycles. The lowest BCUT2D eigenvalue weighted by molar-refractivity contribution is 0.384. The second kappa shape index (κ2) is 6.07. The molecule has 1 aromatic rings. The van der Waals surface area contributed by atoms with Crippen molar-refractivity contribution in [1.29, 1.82) is 0 Å². The third-order valence-electron chi connectivity index (χ3n) is 3.47. The first-order valence-electron chi connectivity index (χ1n) is 6.35. The monoisotopic (exact) mass is 250 g/mol. The summed E-state index contributed by atoms with van der Waals surface area (Å²) in [5.74, 6) is 1.71. The summed E-state index contributed by atoms with van der Waals surface area (Å²) < 4.78 is 10.6. The summed E-state index contributed by atoms with van der Waals surface area (Å²) in [7, 11) is 5.53. The fourth-order valence-electron chi connectivity index (χ4n) is 2.35. The van der Waals surface area contributed by atoms with Crippen molar-refractivity contribution < 1.29 is 9.47 Å². The van der Waals surface area contributed by atoms with Crippen molar-refractivity contribution in [1.82, 2.24) is 10.2 Å². The Balaban J connectivity index is 1.96. The number of ether oxygens (including phenoxy) is 2. The molecule has 4 heteroatoms. The Morgan fingerprint density at radius 2 is 2.17 bits per heavy atom. The van der Waals surface area contributed by atoms with E-state index in [0.29, 0.717) is 6.04 Å². The third-order valence-corrected chi connectivity index (χ3v) is 3.47. The van der Waals surface area contributed by atoms with Gasteiger partial charge in [0, 0.05) is 30.8 Å². The fourth-order valence-corrected chi connectivity index (χ4v) is 2.35. The molecule has 4 nitrogen and oxygen atoms in total. The molecule has 0 amide bonds. The van der Waals surface area contributed by atoms with Gasteiger partial charge in [-0.3, -0.25) is 0 Å². The summed E-state index contributed by atoms with van der Waals surface area (Å²) in [6.07, 6.45) is 1.22. The van der Waals surface area contributed by atoms with E-state index in [-0.39, 0.29) is 0 Å². The van der Waals surface area contributed by atoms with Crippen LogP contribution in [0.15, 0.2) is 18.2 Å². The standard InChI is InChI=1S/C14H22N2O2/c1-16-7-6-12(10-16)15-9-11-4-5-13(17-2)8-14(11)18-3/h4-5,8,12,15H,6-7,9-10H2,1-3H3. The number of nitrogens with zero attached hydrogens (tertiary/aromatic N) is 1. The minimum Gasteiger partial charge on any atom is -0.497 e. The van der Waals surface area contributed by atoms with Crippen molar-refractivity contribution in [3.05, 3.63) is 23.8 Å². The topological polar surface area (TPSA) is 33.7 Å². The third kappa shape index (κ3) is 3.15. The molecule has 1 atom stereocenters. The highest BCUT2D eigenvalue weighted by Crippen LogP contribution is 2.24. The average Bonchev–Trinajstić information content (AvgIpc) is 2.82. The van der Waals surface area contributed by atoms with E-state index in [1.165, 1.54) is 18.5 Å². The van der Waals surface area contributed by atoms with Crippen LogP contribution in [-0.4, -0.2) is 45.3 Å². The number of rotatable bonds is 5. The minimum atomic E-state index is 0.585. The van der Waals surface area contributed by atoms with E-state index < -0.39 is 0 Å². The van der Waals surface area contributed by atoms with E-state index in [1.54, 1.807) is 14.2 Å². The highest BCUT2D eigenvalue weighted by atomic mass is 16.5. The van der Waals surface area contributed by atoms with E-state index in [0.717, 1.165) is 24.6 Å². The summed E-state index contributed by atoms with van der Waals surface area (Å²) in [5.41, 5.74) is 1.17. The maximum absolute atomic E-state index is 5.39. The molecule has 1 N–H and O–H groups in total. The first kappa shape index (κ1) is 13.2. The van der Waals surface area contributed by atoms with Gasteiger partial charge < -0.3 is 19.7 Å².